The van der Waals surface area contributed by atoms with E-state index in [9.17, 15) is 0 Å². The van der Waals surface area contributed by atoms with E-state index in [-0.39, 0.29) is 0 Å². The van der Waals surface area contributed by atoms with E-state index in [4.69, 9.17) is 5.26 Å². The molecule has 0 saturated heterocycles. The van der Waals surface area contributed by atoms with Crippen LogP contribution in [0.3, 0.4) is 0 Å². The summed E-state index contributed by atoms with van der Waals surface area (Å²) in [6.45, 7) is 5.03. The van der Waals surface area contributed by atoms with Gasteiger partial charge in [0.1, 0.15) is 11.8 Å². The molecule has 2 nitrogen and oxygen atoms in total. The molecule has 58 valence electrons. The molecule has 1 aliphatic heterocycles. The van der Waals surface area contributed by atoms with Crippen LogP contribution in [0, 0.1) is 11.3 Å². The molecular weight excluding hydrogens is 136 g/mol. The molecule has 1 heterocycles. The lowest BCUT2D eigenvalue weighted by Crippen LogP contribution is -2.30. The van der Waals surface area contributed by atoms with Gasteiger partial charge in [-0.05, 0) is 19.9 Å². The van der Waals surface area contributed by atoms with Crippen molar-refractivity contribution in [2.75, 3.05) is 6.54 Å². The van der Waals surface area contributed by atoms with Gasteiger partial charge in [0.05, 0.1) is 0 Å². The predicted octanol–water partition coefficient (Wildman–Crippen LogP) is 1.67. The Hall–Kier alpha value is -1.23. The van der Waals surface area contributed by atoms with Crippen molar-refractivity contribution in [3.8, 4) is 6.07 Å². The minimum Gasteiger partial charge on any atom is -0.357 e. The molecule has 0 unspecified atom stereocenters. The Bertz CT molecular complexity index is 230. The second-order valence-electron chi connectivity index (χ2n) is 2.84. The van der Waals surface area contributed by atoms with Gasteiger partial charge < -0.3 is 4.90 Å². The van der Waals surface area contributed by atoms with Crippen molar-refractivity contribution in [1.82, 2.24) is 4.90 Å². The first-order valence-corrected chi connectivity index (χ1v) is 3.79. The molecule has 1 aliphatic rings. The SMILES string of the molecule is CC(C)N1CC=CC=C1C#N. The van der Waals surface area contributed by atoms with E-state index in [1.54, 1.807) is 0 Å². The highest BCUT2D eigenvalue weighted by Gasteiger charge is 2.12. The van der Waals surface area contributed by atoms with Crippen LogP contribution < -0.4 is 0 Å². The topological polar surface area (TPSA) is 27.0 Å². The quantitative estimate of drug-likeness (QED) is 0.565. The molecule has 0 amide bonds. The van der Waals surface area contributed by atoms with Crippen LogP contribution in [0.2, 0.25) is 0 Å². The van der Waals surface area contributed by atoms with Crippen LogP contribution in [0.1, 0.15) is 13.8 Å². The summed E-state index contributed by atoms with van der Waals surface area (Å²) < 4.78 is 0. The highest BCUT2D eigenvalue weighted by atomic mass is 15.2. The number of hydrogen-bond acceptors (Lipinski definition) is 2. The zero-order valence-electron chi connectivity index (χ0n) is 6.91. The van der Waals surface area contributed by atoms with Crippen LogP contribution in [0.15, 0.2) is 23.9 Å². The predicted molar refractivity (Wildman–Crippen MR) is 44.7 cm³/mol. The smallest absolute Gasteiger partial charge is 0.117 e. The second-order valence-corrected chi connectivity index (χ2v) is 2.84. The lowest BCUT2D eigenvalue weighted by molar-refractivity contribution is 0.321. The molecular formula is C9H12N2. The Morgan fingerprint density at radius 2 is 2.36 bits per heavy atom. The number of allylic oxidation sites excluding steroid dienone is 3. The molecule has 0 aromatic heterocycles. The van der Waals surface area contributed by atoms with Gasteiger partial charge in [-0.25, -0.2) is 0 Å². The lowest BCUT2D eigenvalue weighted by Gasteiger charge is -2.27. The van der Waals surface area contributed by atoms with Crippen molar-refractivity contribution in [2.24, 2.45) is 0 Å². The van der Waals surface area contributed by atoms with Crippen molar-refractivity contribution in [1.29, 1.82) is 5.26 Å². The maximum absolute atomic E-state index is 8.72. The molecule has 0 aromatic carbocycles. The van der Waals surface area contributed by atoms with E-state index in [0.29, 0.717) is 6.04 Å². The molecule has 0 spiro atoms. The second kappa shape index (κ2) is 3.25. The third-order valence-electron chi connectivity index (χ3n) is 1.74. The zero-order chi connectivity index (χ0) is 8.27. The third-order valence-corrected chi connectivity index (χ3v) is 1.74. The Kier molecular flexibility index (Phi) is 2.32. The Morgan fingerprint density at radius 3 is 2.82 bits per heavy atom. The van der Waals surface area contributed by atoms with Crippen LogP contribution in [0.4, 0.5) is 0 Å². The maximum atomic E-state index is 8.72. The molecule has 0 aromatic rings. The fraction of sp³-hybridized carbons (Fsp3) is 0.444. The molecule has 0 N–H and O–H groups in total. The first kappa shape index (κ1) is 7.87. The minimum absolute atomic E-state index is 0.408. The average Bonchev–Trinajstić information content (AvgIpc) is 2.04. The van der Waals surface area contributed by atoms with Crippen molar-refractivity contribution in [2.45, 2.75) is 19.9 Å². The molecule has 1 rings (SSSR count). The van der Waals surface area contributed by atoms with Gasteiger partial charge in [0.25, 0.3) is 0 Å². The number of rotatable bonds is 1. The van der Waals surface area contributed by atoms with Crippen LogP contribution in [-0.4, -0.2) is 17.5 Å². The van der Waals surface area contributed by atoms with Crippen LogP contribution in [-0.2, 0) is 0 Å². The summed E-state index contributed by atoms with van der Waals surface area (Å²) in [5, 5.41) is 8.72. The molecule has 0 bridgehead atoms. The number of nitriles is 1. The standard InChI is InChI=1S/C9H12N2/c1-8(2)11-6-4-3-5-9(11)7-10/h3-5,8H,6H2,1-2H3. The highest BCUT2D eigenvalue weighted by Crippen LogP contribution is 2.11. The van der Waals surface area contributed by atoms with Gasteiger partial charge in [-0.2, -0.15) is 5.26 Å². The molecule has 0 atom stereocenters. The van der Waals surface area contributed by atoms with Gasteiger partial charge >= 0.3 is 0 Å². The molecule has 0 radical (unpaired) electrons. The molecule has 2 heteroatoms. The van der Waals surface area contributed by atoms with Crippen LogP contribution in [0.25, 0.3) is 0 Å². The molecule has 0 fully saturated rings. The van der Waals surface area contributed by atoms with Gasteiger partial charge in [-0.15, -0.1) is 0 Å². The monoisotopic (exact) mass is 148 g/mol. The summed E-state index contributed by atoms with van der Waals surface area (Å²) in [7, 11) is 0. The van der Waals surface area contributed by atoms with Gasteiger partial charge in [-0.3, -0.25) is 0 Å². The average molecular weight is 148 g/mol. The van der Waals surface area contributed by atoms with Crippen molar-refractivity contribution in [3.63, 3.8) is 0 Å². The normalized spacial score (nSPS) is 16.5. The summed E-state index contributed by atoms with van der Waals surface area (Å²) in [4.78, 5) is 2.07. The number of hydrogen-bond donors (Lipinski definition) is 0. The summed E-state index contributed by atoms with van der Waals surface area (Å²) >= 11 is 0. The first-order valence-electron chi connectivity index (χ1n) is 3.79. The van der Waals surface area contributed by atoms with E-state index in [1.165, 1.54) is 0 Å². The van der Waals surface area contributed by atoms with Crippen LogP contribution in [0.5, 0.6) is 0 Å². The first-order chi connectivity index (χ1) is 5.25. The van der Waals surface area contributed by atoms with Gasteiger partial charge in [0.2, 0.25) is 0 Å². The van der Waals surface area contributed by atoms with Crippen LogP contribution >= 0.6 is 0 Å². The summed E-state index contributed by atoms with van der Waals surface area (Å²) in [5.41, 5.74) is 0.766. The molecule has 0 saturated carbocycles. The van der Waals surface area contributed by atoms with Crippen molar-refractivity contribution >= 4 is 0 Å². The lowest BCUT2D eigenvalue weighted by atomic mass is 10.2. The zero-order valence-corrected chi connectivity index (χ0v) is 6.91. The van der Waals surface area contributed by atoms with Crippen molar-refractivity contribution < 1.29 is 0 Å². The molecule has 0 aliphatic carbocycles. The minimum atomic E-state index is 0.408. The summed E-state index contributed by atoms with van der Waals surface area (Å²) in [5.74, 6) is 0. The fourth-order valence-electron chi connectivity index (χ4n) is 1.12. The molecule has 11 heavy (non-hydrogen) atoms. The Labute approximate surface area is 67.4 Å². The van der Waals surface area contributed by atoms with E-state index < -0.39 is 0 Å². The largest absolute Gasteiger partial charge is 0.357 e. The van der Waals surface area contributed by atoms with E-state index in [1.807, 2.05) is 12.2 Å². The van der Waals surface area contributed by atoms with Gasteiger partial charge in [-0.1, -0.05) is 12.2 Å². The van der Waals surface area contributed by atoms with E-state index >= 15 is 0 Å². The highest BCUT2D eigenvalue weighted by molar-refractivity contribution is 5.28. The van der Waals surface area contributed by atoms with E-state index in [2.05, 4.69) is 30.9 Å². The van der Waals surface area contributed by atoms with Gasteiger partial charge in [0, 0.05) is 12.6 Å². The summed E-state index contributed by atoms with van der Waals surface area (Å²) in [6.07, 6.45) is 5.84. The maximum Gasteiger partial charge on any atom is 0.117 e. The Balaban J connectivity index is 2.78. The van der Waals surface area contributed by atoms with E-state index in [0.717, 1.165) is 12.2 Å². The third kappa shape index (κ3) is 1.62. The van der Waals surface area contributed by atoms with Gasteiger partial charge in [0.15, 0.2) is 0 Å². The number of nitrogens with zero attached hydrogens (tertiary/aromatic N) is 2. The fourth-order valence-corrected chi connectivity index (χ4v) is 1.12. The van der Waals surface area contributed by atoms with Crippen molar-refractivity contribution in [3.05, 3.63) is 23.9 Å². The summed E-state index contributed by atoms with van der Waals surface area (Å²) in [6, 6.07) is 2.58. The Morgan fingerprint density at radius 1 is 1.64 bits per heavy atom.